The number of carboxylic acids is 1. The van der Waals surface area contributed by atoms with Gasteiger partial charge < -0.3 is 14.8 Å². The first-order valence-corrected chi connectivity index (χ1v) is 8.38. The maximum absolute atomic E-state index is 12.3. The van der Waals surface area contributed by atoms with E-state index in [1.54, 1.807) is 12.1 Å². The highest BCUT2D eigenvalue weighted by molar-refractivity contribution is 6.46. The molecule has 0 radical (unpaired) electrons. The average Bonchev–Trinajstić information content (AvgIpc) is 3.08. The zero-order valence-electron chi connectivity index (χ0n) is 14.7. The second-order valence-corrected chi connectivity index (χ2v) is 6.33. The van der Waals surface area contributed by atoms with E-state index in [-0.39, 0.29) is 36.6 Å². The molecule has 13 heteroatoms. The van der Waals surface area contributed by atoms with Crippen LogP contribution in [0.15, 0.2) is 24.5 Å². The molecule has 1 atom stereocenters. The van der Waals surface area contributed by atoms with Crippen molar-refractivity contribution >= 4 is 24.8 Å². The second kappa shape index (κ2) is 8.14. The molecule has 28 heavy (non-hydrogen) atoms. The summed E-state index contributed by atoms with van der Waals surface area (Å²) in [5, 5.41) is 27.2. The molecule has 12 nitrogen and oxygen atoms in total. The number of Topliss-reactive ketones (excluding diaryl/α,β-unsaturated/α-hetero) is 1. The van der Waals surface area contributed by atoms with Crippen LogP contribution in [0, 0.1) is 0 Å². The van der Waals surface area contributed by atoms with Gasteiger partial charge in [0.15, 0.2) is 12.3 Å². The maximum Gasteiger partial charge on any atom is 0.526 e. The Bertz CT molecular complexity index is 918. The van der Waals surface area contributed by atoms with Gasteiger partial charge in [0.2, 0.25) is 6.54 Å². The quantitative estimate of drug-likeness (QED) is 0.133. The van der Waals surface area contributed by atoms with Crippen LogP contribution < -0.4 is 20.6 Å². The number of amides is 1. The number of fused-ring (bicyclic) bond motifs is 1. The molecule has 0 saturated carbocycles. The Morgan fingerprint density at radius 2 is 2.21 bits per heavy atom. The van der Waals surface area contributed by atoms with E-state index in [4.69, 9.17) is 10.5 Å². The lowest BCUT2D eigenvalue weighted by molar-refractivity contribution is -0.744. The summed E-state index contributed by atoms with van der Waals surface area (Å²) in [5.41, 5.74) is 2.53. The molecule has 1 aromatic heterocycles. The van der Waals surface area contributed by atoms with Crippen molar-refractivity contribution in [1.82, 2.24) is 20.5 Å². The van der Waals surface area contributed by atoms with Crippen LogP contribution in [0.3, 0.4) is 0 Å². The molecule has 0 unspecified atom stereocenters. The van der Waals surface area contributed by atoms with Gasteiger partial charge in [-0.25, -0.2) is 10.6 Å². The van der Waals surface area contributed by atoms with Crippen LogP contribution in [0.25, 0.3) is 0 Å². The molecular formula is C15H18BN6O6+. The minimum Gasteiger partial charge on any atom is -0.535 e. The van der Waals surface area contributed by atoms with E-state index in [9.17, 15) is 24.5 Å². The van der Waals surface area contributed by atoms with Gasteiger partial charge in [-0.15, -0.1) is 4.68 Å². The summed E-state index contributed by atoms with van der Waals surface area (Å²) in [6.45, 7) is -0.287. The number of hydrogen-bond donors (Lipinski definition) is 4. The molecule has 1 aromatic carbocycles. The van der Waals surface area contributed by atoms with Crippen LogP contribution in [0.5, 0.6) is 5.75 Å². The number of nitrogens with zero attached hydrogens (tertiary/aromatic N) is 4. The van der Waals surface area contributed by atoms with Crippen molar-refractivity contribution in [3.05, 3.63) is 35.7 Å². The molecular weight excluding hydrogens is 371 g/mol. The highest BCUT2D eigenvalue weighted by Crippen LogP contribution is 2.36. The number of hydrogen-bond acceptors (Lipinski definition) is 8. The highest BCUT2D eigenvalue weighted by Gasteiger charge is 2.38. The Balaban J connectivity index is 1.63. The Labute approximate surface area is 159 Å². The summed E-state index contributed by atoms with van der Waals surface area (Å²) in [6, 6.07) is 4.69. The van der Waals surface area contributed by atoms with Crippen molar-refractivity contribution in [3.63, 3.8) is 0 Å². The zero-order valence-corrected chi connectivity index (χ0v) is 14.7. The van der Waals surface area contributed by atoms with Crippen LogP contribution >= 0.6 is 0 Å². The second-order valence-electron chi connectivity index (χ2n) is 6.33. The molecule has 5 N–H and O–H groups in total. The van der Waals surface area contributed by atoms with Crippen molar-refractivity contribution in [2.45, 2.75) is 31.7 Å². The number of rotatable bonds is 7. The van der Waals surface area contributed by atoms with Gasteiger partial charge in [0.25, 0.3) is 12.2 Å². The number of hydrazine groups is 1. The standard InChI is InChI=1S/C15H17BN6O6/c17-19-13(24)7-22-18-8-21(20-22)6-11(23)5-10-4-9-2-1-3-12(15(25)26)14(9)28-16(10)27/h1-3,8,10,17,20,27H,4-7H2,(H,25,26)/p+1/t10-/m1/s1. The third-order valence-corrected chi connectivity index (χ3v) is 4.26. The number of carbonyl (C=O) groups is 3. The molecule has 0 aliphatic carbocycles. The molecule has 0 saturated heterocycles. The number of aromatic carboxylic acids is 1. The number of nitrogens with two attached hydrogens (primary N) is 1. The number of nitrogens with one attached hydrogen (secondary N) is 1. The predicted octanol–water partition coefficient (Wildman–Crippen LogP) is -2.30. The summed E-state index contributed by atoms with van der Waals surface area (Å²) >= 11 is 0. The van der Waals surface area contributed by atoms with E-state index in [0.29, 0.717) is 12.0 Å². The van der Waals surface area contributed by atoms with Crippen LogP contribution in [-0.4, -0.2) is 50.0 Å². The third-order valence-electron chi connectivity index (χ3n) is 4.26. The third kappa shape index (κ3) is 4.32. The summed E-state index contributed by atoms with van der Waals surface area (Å²) in [5.74, 6) is 2.72. The summed E-state index contributed by atoms with van der Waals surface area (Å²) < 4.78 is 6.64. The molecule has 2 heterocycles. The molecule has 0 bridgehead atoms. The number of carbonyl (C=O) groups excluding carboxylic acids is 2. The van der Waals surface area contributed by atoms with Crippen LogP contribution in [-0.2, 0) is 29.1 Å². The smallest absolute Gasteiger partial charge is 0.526 e. The lowest BCUT2D eigenvalue weighted by Crippen LogP contribution is -2.43. The molecule has 1 amide bonds. The van der Waals surface area contributed by atoms with Gasteiger partial charge in [-0.3, -0.25) is 15.0 Å². The minimum absolute atomic E-state index is 0.00104. The number of benzene rings is 1. The number of para-hydroxylation sites is 1. The fourth-order valence-corrected chi connectivity index (χ4v) is 2.98. The number of carboxylic acid groups (broad SMARTS) is 1. The zero-order chi connectivity index (χ0) is 20.3. The van der Waals surface area contributed by atoms with Gasteiger partial charge in [-0.2, -0.15) is 0 Å². The Kier molecular flexibility index (Phi) is 5.66. The summed E-state index contributed by atoms with van der Waals surface area (Å²) in [4.78, 5) is 35.9. The SMILES string of the molecule is NNC(=O)Cn1nc[n+](CC(=O)C[C@H]2Cc3cccc(C(=O)O)c3OB2O)n1. The van der Waals surface area contributed by atoms with E-state index >= 15 is 0 Å². The van der Waals surface area contributed by atoms with E-state index in [1.807, 2.05) is 5.43 Å². The normalized spacial score (nSPS) is 15.5. The summed E-state index contributed by atoms with van der Waals surface area (Å²) in [6.07, 6.45) is 1.60. The summed E-state index contributed by atoms with van der Waals surface area (Å²) in [7, 11) is -1.30. The molecule has 3 rings (SSSR count). The van der Waals surface area contributed by atoms with Crippen molar-refractivity contribution in [1.29, 1.82) is 0 Å². The van der Waals surface area contributed by atoms with Crippen LogP contribution in [0.1, 0.15) is 22.3 Å². The Morgan fingerprint density at radius 3 is 2.93 bits per heavy atom. The minimum atomic E-state index is -1.30. The Morgan fingerprint density at radius 1 is 1.43 bits per heavy atom. The van der Waals surface area contributed by atoms with Crippen molar-refractivity contribution in [2.75, 3.05) is 0 Å². The molecule has 2 aromatic rings. The molecule has 0 spiro atoms. The lowest BCUT2D eigenvalue weighted by atomic mass is 9.64. The topological polar surface area (TPSA) is 174 Å². The number of aromatic nitrogens is 4. The van der Waals surface area contributed by atoms with Crippen LogP contribution in [0.4, 0.5) is 0 Å². The van der Waals surface area contributed by atoms with E-state index < -0.39 is 24.8 Å². The first kappa shape index (κ1) is 19.4. The van der Waals surface area contributed by atoms with E-state index in [0.717, 1.165) is 4.80 Å². The van der Waals surface area contributed by atoms with Gasteiger partial charge in [0.05, 0.1) is 15.9 Å². The van der Waals surface area contributed by atoms with Crippen molar-refractivity contribution in [3.8, 4) is 5.75 Å². The van der Waals surface area contributed by atoms with Gasteiger partial charge in [0.1, 0.15) is 5.75 Å². The molecule has 0 fully saturated rings. The largest absolute Gasteiger partial charge is 0.535 e. The highest BCUT2D eigenvalue weighted by atomic mass is 16.5. The first-order chi connectivity index (χ1) is 13.4. The molecule has 1 aliphatic heterocycles. The lowest BCUT2D eigenvalue weighted by Gasteiger charge is -2.27. The average molecular weight is 389 g/mol. The van der Waals surface area contributed by atoms with Gasteiger partial charge in [-0.05, 0) is 22.8 Å². The van der Waals surface area contributed by atoms with Gasteiger partial charge >= 0.3 is 13.1 Å². The predicted molar refractivity (Wildman–Crippen MR) is 91.6 cm³/mol. The van der Waals surface area contributed by atoms with E-state index in [1.165, 1.54) is 17.1 Å². The van der Waals surface area contributed by atoms with Gasteiger partial charge in [0, 0.05) is 12.2 Å². The number of tetrazole rings is 1. The molecule has 1 aliphatic rings. The monoisotopic (exact) mass is 389 g/mol. The first-order valence-electron chi connectivity index (χ1n) is 8.38. The maximum atomic E-state index is 12.3. The van der Waals surface area contributed by atoms with E-state index in [2.05, 4.69) is 10.3 Å². The molecule has 146 valence electrons. The van der Waals surface area contributed by atoms with Crippen molar-refractivity contribution < 1.29 is 33.9 Å². The van der Waals surface area contributed by atoms with Crippen molar-refractivity contribution in [2.24, 2.45) is 5.84 Å². The fraction of sp³-hybridized carbons (Fsp3) is 0.333. The van der Waals surface area contributed by atoms with Crippen LogP contribution in [0.2, 0.25) is 5.82 Å². The number of ketones is 1. The fourth-order valence-electron chi connectivity index (χ4n) is 2.98. The Hall–Kier alpha value is -3.32. The van der Waals surface area contributed by atoms with Gasteiger partial charge in [-0.1, -0.05) is 12.1 Å².